The van der Waals surface area contributed by atoms with Crippen LogP contribution in [0.5, 0.6) is 0 Å². The van der Waals surface area contributed by atoms with E-state index in [-0.39, 0.29) is 47.7 Å². The van der Waals surface area contributed by atoms with E-state index >= 15 is 0 Å². The highest BCUT2D eigenvalue weighted by Gasteiger charge is 2.43. The van der Waals surface area contributed by atoms with Crippen molar-refractivity contribution in [2.24, 2.45) is 0 Å². The second kappa shape index (κ2) is 8.84. The third-order valence-electron chi connectivity index (χ3n) is 6.47. The molecule has 188 valence electrons. The van der Waals surface area contributed by atoms with Gasteiger partial charge in [-0.15, -0.1) is 0 Å². The highest BCUT2D eigenvalue weighted by atomic mass is 19.4. The molecular formula is C26H18F3N3O5. The van der Waals surface area contributed by atoms with E-state index in [9.17, 15) is 37.5 Å². The molecule has 0 saturated heterocycles. The lowest BCUT2D eigenvalue weighted by molar-refractivity contribution is -0.186. The van der Waals surface area contributed by atoms with Gasteiger partial charge in [0.05, 0.1) is 0 Å². The first-order chi connectivity index (χ1) is 17.6. The fourth-order valence-electron chi connectivity index (χ4n) is 4.74. The van der Waals surface area contributed by atoms with Crippen molar-refractivity contribution in [1.29, 1.82) is 0 Å². The molecule has 2 N–H and O–H groups in total. The number of benzene rings is 2. The Balaban J connectivity index is 1.45. The minimum atomic E-state index is -5.02. The van der Waals surface area contributed by atoms with Crippen molar-refractivity contribution in [3.05, 3.63) is 88.2 Å². The number of nitrogens with one attached hydrogen (secondary N) is 1. The highest BCUT2D eigenvalue weighted by molar-refractivity contribution is 6.23. The number of carboxylic acid groups (broad SMARTS) is 1. The Kier molecular flexibility index (Phi) is 5.77. The summed E-state index contributed by atoms with van der Waals surface area (Å²) in [5, 5.41) is 12.3. The topological polar surface area (TPSA) is 117 Å². The van der Waals surface area contributed by atoms with Gasteiger partial charge < -0.3 is 15.3 Å². The van der Waals surface area contributed by atoms with Gasteiger partial charge in [0.25, 0.3) is 5.91 Å². The van der Waals surface area contributed by atoms with Crippen LogP contribution in [0.15, 0.2) is 54.7 Å². The average molecular weight is 509 g/mol. The Hall–Kier alpha value is -4.54. The summed E-state index contributed by atoms with van der Waals surface area (Å²) in [6.45, 7) is -0.447. The van der Waals surface area contributed by atoms with Crippen LogP contribution >= 0.6 is 0 Å². The molecule has 0 bridgehead atoms. The van der Waals surface area contributed by atoms with Crippen LogP contribution in [0.3, 0.4) is 0 Å². The van der Waals surface area contributed by atoms with Crippen LogP contribution in [0.2, 0.25) is 0 Å². The summed E-state index contributed by atoms with van der Waals surface area (Å²) in [7, 11) is 0. The van der Waals surface area contributed by atoms with Crippen LogP contribution in [0.1, 0.15) is 49.1 Å². The van der Waals surface area contributed by atoms with Gasteiger partial charge in [-0.05, 0) is 35.2 Å². The van der Waals surface area contributed by atoms with Gasteiger partial charge in [0.15, 0.2) is 6.04 Å². The minimum absolute atomic E-state index is 0.0868. The summed E-state index contributed by atoms with van der Waals surface area (Å²) in [5.74, 6) is -4.45. The lowest BCUT2D eigenvalue weighted by Gasteiger charge is -2.30. The number of halogens is 3. The quantitative estimate of drug-likeness (QED) is 0.436. The predicted molar refractivity (Wildman–Crippen MR) is 123 cm³/mol. The lowest BCUT2D eigenvalue weighted by atomic mass is 9.94. The number of hydrogen-bond acceptors (Lipinski definition) is 5. The second-order valence-corrected chi connectivity index (χ2v) is 8.70. The third-order valence-corrected chi connectivity index (χ3v) is 6.47. The zero-order valence-corrected chi connectivity index (χ0v) is 19.0. The summed E-state index contributed by atoms with van der Waals surface area (Å²) in [6, 6.07) is 10.7. The smallest absolute Gasteiger partial charge is 0.471 e. The fraction of sp³-hybridized carbons (Fsp3) is 0.192. The average Bonchev–Trinajstić information content (AvgIpc) is 3.17. The fourth-order valence-corrected chi connectivity index (χ4v) is 4.74. The molecule has 2 aliphatic rings. The number of rotatable bonds is 4. The molecule has 1 unspecified atom stereocenters. The van der Waals surface area contributed by atoms with Crippen molar-refractivity contribution in [2.75, 3.05) is 6.54 Å². The molecule has 0 spiro atoms. The first-order valence-corrected chi connectivity index (χ1v) is 11.2. The Morgan fingerprint density at radius 1 is 1.03 bits per heavy atom. The van der Waals surface area contributed by atoms with Gasteiger partial charge in [-0.3, -0.25) is 19.4 Å². The molecule has 1 aromatic heterocycles. The number of ketones is 1. The van der Waals surface area contributed by atoms with Gasteiger partial charge >= 0.3 is 18.1 Å². The second-order valence-electron chi connectivity index (χ2n) is 8.70. The van der Waals surface area contributed by atoms with Crippen LogP contribution < -0.4 is 5.32 Å². The van der Waals surface area contributed by atoms with Crippen LogP contribution in [0.25, 0.3) is 11.1 Å². The monoisotopic (exact) mass is 509 g/mol. The standard InChI is InChI=1S/C26H18F3N3O5/c27-26(28,29)25(37)32-10-8-13-6-7-14(11-15(13)12-32)20(24(35)36)31-23(34)18-4-1-3-17-19(18)16-5-2-9-30-21(16)22(17)33/h1-7,9,11,20H,8,10,12H2,(H,31,34)(H,35,36). The predicted octanol–water partition coefficient (Wildman–Crippen LogP) is 3.30. The SMILES string of the molecule is O=C(NC(C(=O)O)c1ccc2c(c1)CN(C(=O)C(F)(F)F)CC2)c1cccc2c1-c1cccnc1C2=O. The summed E-state index contributed by atoms with van der Waals surface area (Å²) < 4.78 is 38.7. The maximum atomic E-state index is 13.3. The number of alkyl halides is 3. The number of carboxylic acids is 1. The van der Waals surface area contributed by atoms with Gasteiger partial charge in [-0.1, -0.05) is 36.4 Å². The normalized spacial score (nSPS) is 14.9. The lowest BCUT2D eigenvalue weighted by Crippen LogP contribution is -2.43. The minimum Gasteiger partial charge on any atom is -0.479 e. The van der Waals surface area contributed by atoms with E-state index in [2.05, 4.69) is 10.3 Å². The van der Waals surface area contributed by atoms with E-state index in [0.29, 0.717) is 27.2 Å². The van der Waals surface area contributed by atoms with E-state index in [1.807, 2.05) is 0 Å². The Labute approximate surface area is 207 Å². The number of nitrogens with zero attached hydrogens (tertiary/aromatic N) is 2. The molecule has 1 aliphatic carbocycles. The highest BCUT2D eigenvalue weighted by Crippen LogP contribution is 2.38. The Morgan fingerprint density at radius 3 is 2.51 bits per heavy atom. The molecule has 0 radical (unpaired) electrons. The number of fused-ring (bicyclic) bond motifs is 4. The van der Waals surface area contributed by atoms with E-state index in [0.717, 1.165) is 0 Å². The number of pyridine rings is 1. The Morgan fingerprint density at radius 2 is 1.78 bits per heavy atom. The maximum Gasteiger partial charge on any atom is 0.471 e. The third kappa shape index (κ3) is 4.22. The molecule has 0 fully saturated rings. The molecule has 1 aliphatic heterocycles. The van der Waals surface area contributed by atoms with Crippen molar-refractivity contribution in [2.45, 2.75) is 25.2 Å². The first-order valence-electron chi connectivity index (χ1n) is 11.2. The number of aromatic nitrogens is 1. The van der Waals surface area contributed by atoms with E-state index in [1.165, 1.54) is 30.5 Å². The molecule has 2 aromatic carbocycles. The van der Waals surface area contributed by atoms with Gasteiger partial charge in [0.2, 0.25) is 5.78 Å². The van der Waals surface area contributed by atoms with Crippen molar-refractivity contribution in [3.63, 3.8) is 0 Å². The molecule has 1 atom stereocenters. The van der Waals surface area contributed by atoms with E-state index < -0.39 is 30.0 Å². The van der Waals surface area contributed by atoms with Crippen LogP contribution in [0, 0.1) is 0 Å². The van der Waals surface area contributed by atoms with Gasteiger partial charge in [0.1, 0.15) is 5.69 Å². The number of carbonyl (C=O) groups excluding carboxylic acids is 3. The molecule has 37 heavy (non-hydrogen) atoms. The summed E-state index contributed by atoms with van der Waals surface area (Å²) >= 11 is 0. The zero-order valence-electron chi connectivity index (χ0n) is 19.0. The van der Waals surface area contributed by atoms with Crippen molar-refractivity contribution in [3.8, 4) is 11.1 Å². The summed E-state index contributed by atoms with van der Waals surface area (Å²) in [6.07, 6.45) is -3.38. The van der Waals surface area contributed by atoms with Crippen molar-refractivity contribution >= 4 is 23.6 Å². The number of hydrogen-bond donors (Lipinski definition) is 2. The summed E-state index contributed by atoms with van der Waals surface area (Å²) in [5.41, 5.74) is 2.56. The molecule has 5 rings (SSSR count). The number of aliphatic carboxylic acids is 1. The molecular weight excluding hydrogens is 491 g/mol. The summed E-state index contributed by atoms with van der Waals surface area (Å²) in [4.78, 5) is 54.5. The molecule has 8 nitrogen and oxygen atoms in total. The molecule has 3 aromatic rings. The zero-order chi connectivity index (χ0) is 26.5. The van der Waals surface area contributed by atoms with E-state index in [4.69, 9.17) is 0 Å². The molecule has 11 heteroatoms. The van der Waals surface area contributed by atoms with E-state index in [1.54, 1.807) is 24.3 Å². The van der Waals surface area contributed by atoms with Gasteiger partial charge in [0, 0.05) is 41.5 Å². The van der Waals surface area contributed by atoms with Gasteiger partial charge in [-0.2, -0.15) is 13.2 Å². The largest absolute Gasteiger partial charge is 0.479 e. The molecule has 2 heterocycles. The number of carbonyl (C=O) groups is 4. The van der Waals surface area contributed by atoms with Crippen molar-refractivity contribution < 1.29 is 37.5 Å². The van der Waals surface area contributed by atoms with Crippen LogP contribution in [-0.2, 0) is 22.6 Å². The first kappa shape index (κ1) is 24.2. The molecule has 0 saturated carbocycles. The van der Waals surface area contributed by atoms with Crippen molar-refractivity contribution in [1.82, 2.24) is 15.2 Å². The van der Waals surface area contributed by atoms with Crippen LogP contribution in [0.4, 0.5) is 13.2 Å². The van der Waals surface area contributed by atoms with Crippen LogP contribution in [-0.4, -0.2) is 51.3 Å². The number of amides is 2. The Bertz CT molecular complexity index is 1480. The maximum absolute atomic E-state index is 13.3. The molecule has 2 amide bonds. The van der Waals surface area contributed by atoms with Gasteiger partial charge in [-0.25, -0.2) is 4.79 Å².